The van der Waals surface area contributed by atoms with Crippen molar-refractivity contribution in [3.63, 3.8) is 0 Å². The first-order valence-electron chi connectivity index (χ1n) is 11.3. The first kappa shape index (κ1) is 21.9. The Kier molecular flexibility index (Phi) is 6.59. The van der Waals surface area contributed by atoms with Crippen LogP contribution in [0.15, 0.2) is 62.9 Å². The van der Waals surface area contributed by atoms with Crippen LogP contribution in [0.5, 0.6) is 0 Å². The predicted molar refractivity (Wildman–Crippen MR) is 126 cm³/mol. The van der Waals surface area contributed by atoms with E-state index in [1.807, 2.05) is 22.8 Å². The Bertz CT molecular complexity index is 1270. The molecule has 0 N–H and O–H groups in total. The van der Waals surface area contributed by atoms with Crippen LogP contribution >= 0.6 is 11.8 Å². The van der Waals surface area contributed by atoms with Gasteiger partial charge in [-0.2, -0.15) is 0 Å². The number of piperidine rings is 1. The van der Waals surface area contributed by atoms with Gasteiger partial charge in [-0.25, -0.2) is 9.18 Å². The van der Waals surface area contributed by atoms with Crippen molar-refractivity contribution in [2.24, 2.45) is 0 Å². The standard InChI is InChI=1S/C24H26FN5O2S/c25-18-9-11-19(12-10-18)30-22(17-28-13-4-1-5-14-28)26-27-23(30)33-16-6-15-29-20-7-2-3-8-21(20)32-24(29)31/h2-3,7-12H,1,4-6,13-17H2. The number of thioether (sulfide) groups is 1. The van der Waals surface area contributed by atoms with Crippen LogP contribution in [0.2, 0.25) is 0 Å². The molecule has 0 unspecified atom stereocenters. The van der Waals surface area contributed by atoms with E-state index >= 15 is 0 Å². The number of oxazole rings is 1. The molecule has 0 radical (unpaired) electrons. The monoisotopic (exact) mass is 467 g/mol. The zero-order chi connectivity index (χ0) is 22.6. The van der Waals surface area contributed by atoms with Crippen molar-refractivity contribution in [2.75, 3.05) is 18.8 Å². The number of benzene rings is 2. The molecule has 5 rings (SSSR count). The normalized spacial score (nSPS) is 14.8. The SMILES string of the molecule is O=c1oc2ccccc2n1CCCSc1nnc(CN2CCCCC2)n1-c1ccc(F)cc1. The zero-order valence-corrected chi connectivity index (χ0v) is 19.1. The molecule has 0 amide bonds. The average molecular weight is 468 g/mol. The molecule has 0 aliphatic carbocycles. The summed E-state index contributed by atoms with van der Waals surface area (Å²) in [6.45, 7) is 3.41. The largest absolute Gasteiger partial charge is 0.419 e. The molecule has 9 heteroatoms. The van der Waals surface area contributed by atoms with Gasteiger partial charge in [0.25, 0.3) is 0 Å². The Morgan fingerprint density at radius 2 is 1.79 bits per heavy atom. The van der Waals surface area contributed by atoms with Gasteiger partial charge in [0.15, 0.2) is 16.6 Å². The van der Waals surface area contributed by atoms with Crippen molar-refractivity contribution in [3.05, 3.63) is 70.7 Å². The third kappa shape index (κ3) is 4.89. The number of para-hydroxylation sites is 2. The lowest BCUT2D eigenvalue weighted by Gasteiger charge is -2.26. The van der Waals surface area contributed by atoms with Crippen molar-refractivity contribution in [3.8, 4) is 5.69 Å². The topological polar surface area (TPSA) is 69.1 Å². The summed E-state index contributed by atoms with van der Waals surface area (Å²) in [5, 5.41) is 9.71. The minimum atomic E-state index is -0.334. The van der Waals surface area contributed by atoms with E-state index < -0.39 is 0 Å². The molecule has 2 aromatic carbocycles. The number of rotatable bonds is 8. The number of aryl methyl sites for hydroxylation is 1. The van der Waals surface area contributed by atoms with Crippen LogP contribution in [0, 0.1) is 5.82 Å². The van der Waals surface area contributed by atoms with Crippen molar-refractivity contribution >= 4 is 22.9 Å². The van der Waals surface area contributed by atoms with Crippen LogP contribution in [0.3, 0.4) is 0 Å². The molecule has 0 spiro atoms. The molecule has 1 aliphatic heterocycles. The second-order valence-corrected chi connectivity index (χ2v) is 9.30. The Morgan fingerprint density at radius 1 is 1.00 bits per heavy atom. The van der Waals surface area contributed by atoms with Gasteiger partial charge in [-0.15, -0.1) is 10.2 Å². The maximum absolute atomic E-state index is 13.5. The summed E-state index contributed by atoms with van der Waals surface area (Å²) in [5.41, 5.74) is 2.27. The van der Waals surface area contributed by atoms with Crippen LogP contribution in [-0.4, -0.2) is 43.1 Å². The zero-order valence-electron chi connectivity index (χ0n) is 18.3. The molecule has 1 aliphatic rings. The van der Waals surface area contributed by atoms with E-state index in [1.165, 1.54) is 31.4 Å². The quantitative estimate of drug-likeness (QED) is 0.281. The Balaban J connectivity index is 1.31. The maximum atomic E-state index is 13.5. The molecule has 33 heavy (non-hydrogen) atoms. The number of fused-ring (bicyclic) bond motifs is 1. The van der Waals surface area contributed by atoms with Gasteiger partial charge in [0.05, 0.1) is 12.1 Å². The van der Waals surface area contributed by atoms with E-state index in [0.29, 0.717) is 12.1 Å². The number of likely N-dealkylation sites (tertiary alicyclic amines) is 1. The molecule has 0 atom stereocenters. The third-order valence-electron chi connectivity index (χ3n) is 5.93. The van der Waals surface area contributed by atoms with Gasteiger partial charge in [0.2, 0.25) is 0 Å². The summed E-state index contributed by atoms with van der Waals surface area (Å²) in [7, 11) is 0. The van der Waals surface area contributed by atoms with Crippen molar-refractivity contribution < 1.29 is 8.81 Å². The first-order valence-corrected chi connectivity index (χ1v) is 12.3. The highest BCUT2D eigenvalue weighted by Crippen LogP contribution is 2.25. The summed E-state index contributed by atoms with van der Waals surface area (Å²) in [4.78, 5) is 14.6. The number of hydrogen-bond acceptors (Lipinski definition) is 6. The van der Waals surface area contributed by atoms with Gasteiger partial charge in [-0.1, -0.05) is 30.3 Å². The minimum absolute atomic E-state index is 0.267. The van der Waals surface area contributed by atoms with Crippen LogP contribution in [0.4, 0.5) is 4.39 Å². The molecule has 0 bridgehead atoms. The maximum Gasteiger partial charge on any atom is 0.419 e. The summed E-state index contributed by atoms with van der Waals surface area (Å²) in [5.74, 6) is 1.02. The summed E-state index contributed by atoms with van der Waals surface area (Å²) >= 11 is 1.59. The molecule has 172 valence electrons. The van der Waals surface area contributed by atoms with E-state index in [9.17, 15) is 9.18 Å². The van der Waals surface area contributed by atoms with Gasteiger partial charge in [0, 0.05) is 18.0 Å². The highest BCUT2D eigenvalue weighted by Gasteiger charge is 2.19. The van der Waals surface area contributed by atoms with Gasteiger partial charge < -0.3 is 4.42 Å². The average Bonchev–Trinajstić information content (AvgIpc) is 3.38. The van der Waals surface area contributed by atoms with E-state index in [2.05, 4.69) is 15.1 Å². The van der Waals surface area contributed by atoms with Crippen molar-refractivity contribution in [1.29, 1.82) is 0 Å². The lowest BCUT2D eigenvalue weighted by atomic mass is 10.1. The van der Waals surface area contributed by atoms with Gasteiger partial charge in [-0.3, -0.25) is 14.0 Å². The van der Waals surface area contributed by atoms with Gasteiger partial charge in [0.1, 0.15) is 5.82 Å². The second-order valence-electron chi connectivity index (χ2n) is 8.24. The number of hydrogen-bond donors (Lipinski definition) is 0. The predicted octanol–water partition coefficient (Wildman–Crippen LogP) is 4.48. The fraction of sp³-hybridized carbons (Fsp3) is 0.375. The van der Waals surface area contributed by atoms with E-state index in [1.54, 1.807) is 34.5 Å². The molecule has 2 aromatic heterocycles. The van der Waals surface area contributed by atoms with Crippen LogP contribution in [0.25, 0.3) is 16.8 Å². The highest BCUT2D eigenvalue weighted by atomic mass is 32.2. The fourth-order valence-electron chi connectivity index (χ4n) is 4.28. The van der Waals surface area contributed by atoms with E-state index in [0.717, 1.165) is 54.0 Å². The molecule has 0 saturated carbocycles. The second kappa shape index (κ2) is 9.93. The fourth-order valence-corrected chi connectivity index (χ4v) is 5.17. The summed E-state index contributed by atoms with van der Waals surface area (Å²) in [6, 6.07) is 13.9. The van der Waals surface area contributed by atoms with Gasteiger partial charge in [-0.05, 0) is 68.8 Å². The summed E-state index contributed by atoms with van der Waals surface area (Å²) < 4.78 is 22.5. The smallest absolute Gasteiger partial charge is 0.408 e. The Hall–Kier alpha value is -2.91. The molecule has 3 heterocycles. The van der Waals surface area contributed by atoms with Gasteiger partial charge >= 0.3 is 5.76 Å². The molecule has 1 saturated heterocycles. The highest BCUT2D eigenvalue weighted by molar-refractivity contribution is 7.99. The first-order chi connectivity index (χ1) is 16.2. The molecular weight excluding hydrogens is 441 g/mol. The van der Waals surface area contributed by atoms with Crippen LogP contribution in [0.1, 0.15) is 31.5 Å². The number of halogens is 1. The molecule has 4 aromatic rings. The molecule has 1 fully saturated rings. The van der Waals surface area contributed by atoms with E-state index in [4.69, 9.17) is 4.42 Å². The van der Waals surface area contributed by atoms with Crippen LogP contribution < -0.4 is 5.76 Å². The Labute approximate surface area is 195 Å². The third-order valence-corrected chi connectivity index (χ3v) is 6.95. The molecule has 7 nitrogen and oxygen atoms in total. The van der Waals surface area contributed by atoms with Crippen molar-refractivity contribution in [1.82, 2.24) is 24.2 Å². The minimum Gasteiger partial charge on any atom is -0.408 e. The molecular formula is C24H26FN5O2S. The van der Waals surface area contributed by atoms with Crippen molar-refractivity contribution in [2.45, 2.75) is 43.9 Å². The lowest BCUT2D eigenvalue weighted by molar-refractivity contribution is 0.214. The Morgan fingerprint density at radius 3 is 2.61 bits per heavy atom. The summed E-state index contributed by atoms with van der Waals surface area (Å²) in [6.07, 6.45) is 4.45. The van der Waals surface area contributed by atoms with E-state index in [-0.39, 0.29) is 11.6 Å². The number of aromatic nitrogens is 4. The number of nitrogens with zero attached hydrogens (tertiary/aromatic N) is 5. The lowest BCUT2D eigenvalue weighted by Crippen LogP contribution is -2.30. The van der Waals surface area contributed by atoms with Crippen LogP contribution in [-0.2, 0) is 13.1 Å².